The highest BCUT2D eigenvalue weighted by Crippen LogP contribution is 2.24. The van der Waals surface area contributed by atoms with Gasteiger partial charge in [-0.15, -0.1) is 0 Å². The number of nitrogens with zero attached hydrogens (tertiary/aromatic N) is 1. The summed E-state index contributed by atoms with van der Waals surface area (Å²) < 4.78 is 0. The molecule has 1 aliphatic rings. The molecule has 0 spiro atoms. The van der Waals surface area contributed by atoms with Gasteiger partial charge in [-0.25, -0.2) is 0 Å². The predicted molar refractivity (Wildman–Crippen MR) is 82.6 cm³/mol. The van der Waals surface area contributed by atoms with E-state index < -0.39 is 0 Å². The monoisotopic (exact) mass is 275 g/mol. The molecule has 0 aliphatic heterocycles. The summed E-state index contributed by atoms with van der Waals surface area (Å²) in [5.74, 6) is 5.60. The van der Waals surface area contributed by atoms with Crippen molar-refractivity contribution in [1.82, 2.24) is 4.90 Å². The highest BCUT2D eigenvalue weighted by Gasteiger charge is 2.23. The fourth-order valence-corrected chi connectivity index (χ4v) is 2.96. The van der Waals surface area contributed by atoms with E-state index in [4.69, 9.17) is 5.84 Å². The average molecular weight is 275 g/mol. The van der Waals surface area contributed by atoms with Gasteiger partial charge < -0.3 is 10.3 Å². The van der Waals surface area contributed by atoms with Gasteiger partial charge in [0.05, 0.1) is 11.3 Å². The lowest BCUT2D eigenvalue weighted by Gasteiger charge is -2.28. The molecule has 0 atom stereocenters. The summed E-state index contributed by atoms with van der Waals surface area (Å²) in [5.41, 5.74) is 5.09. The van der Waals surface area contributed by atoms with E-state index in [2.05, 4.69) is 5.43 Å². The lowest BCUT2D eigenvalue weighted by atomic mass is 10.0. The first-order chi connectivity index (χ1) is 9.63. The first kappa shape index (κ1) is 14.9. The van der Waals surface area contributed by atoms with E-state index in [1.807, 2.05) is 37.1 Å². The number of anilines is 1. The molecule has 4 heteroatoms. The Balaban J connectivity index is 2.17. The fourth-order valence-electron chi connectivity index (χ4n) is 2.96. The number of amides is 1. The molecule has 1 amide bonds. The van der Waals surface area contributed by atoms with E-state index >= 15 is 0 Å². The molecule has 1 aliphatic carbocycles. The third kappa shape index (κ3) is 3.31. The van der Waals surface area contributed by atoms with Crippen molar-refractivity contribution in [3.63, 3.8) is 0 Å². The second-order valence-electron chi connectivity index (χ2n) is 5.75. The van der Waals surface area contributed by atoms with Crippen LogP contribution >= 0.6 is 0 Å². The van der Waals surface area contributed by atoms with Crippen LogP contribution in [-0.4, -0.2) is 23.9 Å². The molecule has 0 saturated heterocycles. The Morgan fingerprint density at radius 2 is 1.90 bits per heavy atom. The minimum absolute atomic E-state index is 0.0600. The molecular formula is C16H25N3O. The van der Waals surface area contributed by atoms with E-state index in [1.165, 1.54) is 25.7 Å². The number of rotatable bonds is 3. The van der Waals surface area contributed by atoms with Crippen LogP contribution in [0, 0.1) is 6.92 Å². The molecule has 2 rings (SSSR count). The van der Waals surface area contributed by atoms with Gasteiger partial charge in [0.2, 0.25) is 0 Å². The number of nitrogens with one attached hydrogen (secondary N) is 1. The first-order valence-corrected chi connectivity index (χ1v) is 7.48. The SMILES string of the molecule is Cc1ccc(C(=O)N(C)C2CCCCCC2)c(NN)c1. The second kappa shape index (κ2) is 6.75. The Morgan fingerprint density at radius 1 is 1.25 bits per heavy atom. The Labute approximate surface area is 121 Å². The Morgan fingerprint density at radius 3 is 2.50 bits per heavy atom. The number of hydrogen-bond donors (Lipinski definition) is 2. The minimum Gasteiger partial charge on any atom is -0.339 e. The van der Waals surface area contributed by atoms with Crippen LogP contribution < -0.4 is 11.3 Å². The van der Waals surface area contributed by atoms with Gasteiger partial charge in [-0.1, -0.05) is 31.7 Å². The van der Waals surface area contributed by atoms with Crippen LogP contribution in [0.15, 0.2) is 18.2 Å². The molecule has 0 radical (unpaired) electrons. The van der Waals surface area contributed by atoms with Crippen molar-refractivity contribution in [2.75, 3.05) is 12.5 Å². The van der Waals surface area contributed by atoms with Crippen LogP contribution in [-0.2, 0) is 0 Å². The van der Waals surface area contributed by atoms with Crippen LogP contribution in [0.25, 0.3) is 0 Å². The van der Waals surface area contributed by atoms with Crippen LogP contribution in [0.4, 0.5) is 5.69 Å². The number of nitrogen functional groups attached to an aromatic ring is 1. The minimum atomic E-state index is 0.0600. The molecule has 20 heavy (non-hydrogen) atoms. The van der Waals surface area contributed by atoms with Crippen LogP contribution in [0.1, 0.15) is 54.4 Å². The van der Waals surface area contributed by atoms with Gasteiger partial charge in [0.15, 0.2) is 0 Å². The maximum atomic E-state index is 12.7. The summed E-state index contributed by atoms with van der Waals surface area (Å²) in [6.07, 6.45) is 7.24. The molecule has 1 fully saturated rings. The fraction of sp³-hybridized carbons (Fsp3) is 0.562. The lowest BCUT2D eigenvalue weighted by Crippen LogP contribution is -2.37. The number of aryl methyl sites for hydroxylation is 1. The molecular weight excluding hydrogens is 250 g/mol. The van der Waals surface area contributed by atoms with Gasteiger partial charge in [0, 0.05) is 13.1 Å². The number of carbonyl (C=O) groups is 1. The predicted octanol–water partition coefficient (Wildman–Crippen LogP) is 3.08. The zero-order valence-electron chi connectivity index (χ0n) is 12.5. The number of benzene rings is 1. The zero-order chi connectivity index (χ0) is 14.5. The summed E-state index contributed by atoms with van der Waals surface area (Å²) in [5, 5.41) is 0. The largest absolute Gasteiger partial charge is 0.339 e. The zero-order valence-corrected chi connectivity index (χ0v) is 12.5. The van der Waals surface area contributed by atoms with E-state index in [9.17, 15) is 4.79 Å². The van der Waals surface area contributed by atoms with E-state index in [0.717, 1.165) is 18.4 Å². The van der Waals surface area contributed by atoms with Crippen molar-refractivity contribution in [1.29, 1.82) is 0 Å². The summed E-state index contributed by atoms with van der Waals surface area (Å²) in [7, 11) is 1.92. The average Bonchev–Trinajstić information content (AvgIpc) is 2.74. The summed E-state index contributed by atoms with van der Waals surface area (Å²) in [6, 6.07) is 6.08. The van der Waals surface area contributed by atoms with Gasteiger partial charge in [0.25, 0.3) is 5.91 Å². The van der Waals surface area contributed by atoms with Gasteiger partial charge in [0.1, 0.15) is 0 Å². The van der Waals surface area contributed by atoms with Crippen LogP contribution in [0.2, 0.25) is 0 Å². The quantitative estimate of drug-likeness (QED) is 0.506. The molecule has 1 aromatic carbocycles. The number of carbonyl (C=O) groups excluding carboxylic acids is 1. The van der Waals surface area contributed by atoms with Crippen LogP contribution in [0.3, 0.4) is 0 Å². The van der Waals surface area contributed by atoms with E-state index in [-0.39, 0.29) is 5.91 Å². The Hall–Kier alpha value is -1.55. The molecule has 0 unspecified atom stereocenters. The van der Waals surface area contributed by atoms with E-state index in [0.29, 0.717) is 17.3 Å². The molecule has 0 bridgehead atoms. The molecule has 4 nitrogen and oxygen atoms in total. The molecule has 110 valence electrons. The topological polar surface area (TPSA) is 58.4 Å². The van der Waals surface area contributed by atoms with Gasteiger partial charge in [-0.05, 0) is 37.5 Å². The normalized spacial score (nSPS) is 16.6. The highest BCUT2D eigenvalue weighted by atomic mass is 16.2. The molecule has 0 aromatic heterocycles. The smallest absolute Gasteiger partial charge is 0.255 e. The van der Waals surface area contributed by atoms with Gasteiger partial charge in [-0.3, -0.25) is 10.6 Å². The third-order valence-corrected chi connectivity index (χ3v) is 4.25. The second-order valence-corrected chi connectivity index (χ2v) is 5.75. The molecule has 0 heterocycles. The molecule has 1 saturated carbocycles. The van der Waals surface area contributed by atoms with Crippen molar-refractivity contribution in [2.45, 2.75) is 51.5 Å². The highest BCUT2D eigenvalue weighted by molar-refractivity contribution is 5.99. The Bertz CT molecular complexity index is 465. The Kier molecular flexibility index (Phi) is 5.01. The van der Waals surface area contributed by atoms with E-state index in [1.54, 1.807) is 0 Å². The van der Waals surface area contributed by atoms with Crippen molar-refractivity contribution in [3.05, 3.63) is 29.3 Å². The molecule has 1 aromatic rings. The van der Waals surface area contributed by atoms with Gasteiger partial charge >= 0.3 is 0 Å². The number of nitrogens with two attached hydrogens (primary N) is 1. The summed E-state index contributed by atoms with van der Waals surface area (Å²) in [4.78, 5) is 14.6. The van der Waals surface area contributed by atoms with Crippen molar-refractivity contribution < 1.29 is 4.79 Å². The summed E-state index contributed by atoms with van der Waals surface area (Å²) in [6.45, 7) is 1.99. The van der Waals surface area contributed by atoms with Crippen LogP contribution in [0.5, 0.6) is 0 Å². The number of hydrogen-bond acceptors (Lipinski definition) is 3. The third-order valence-electron chi connectivity index (χ3n) is 4.25. The first-order valence-electron chi connectivity index (χ1n) is 7.48. The number of hydrazine groups is 1. The maximum Gasteiger partial charge on any atom is 0.255 e. The van der Waals surface area contributed by atoms with Crippen molar-refractivity contribution >= 4 is 11.6 Å². The maximum absolute atomic E-state index is 12.7. The summed E-state index contributed by atoms with van der Waals surface area (Å²) >= 11 is 0. The molecule has 3 N–H and O–H groups in total. The lowest BCUT2D eigenvalue weighted by molar-refractivity contribution is 0.0718. The van der Waals surface area contributed by atoms with Crippen molar-refractivity contribution in [3.8, 4) is 0 Å². The van der Waals surface area contributed by atoms with Crippen molar-refractivity contribution in [2.24, 2.45) is 5.84 Å². The van der Waals surface area contributed by atoms with Gasteiger partial charge in [-0.2, -0.15) is 0 Å². The standard InChI is InChI=1S/C16H25N3O/c1-12-9-10-14(15(11-12)18-17)16(20)19(2)13-7-5-3-4-6-8-13/h9-11,13,18H,3-8,17H2,1-2H3.